The van der Waals surface area contributed by atoms with Crippen LogP contribution in [0.1, 0.15) is 26.2 Å². The van der Waals surface area contributed by atoms with Crippen molar-refractivity contribution in [2.24, 2.45) is 11.5 Å². The maximum Gasteiger partial charge on any atom is 0.328 e. The van der Waals surface area contributed by atoms with Gasteiger partial charge in [-0.05, 0) is 26.3 Å². The molecule has 0 aromatic carbocycles. The fourth-order valence-corrected chi connectivity index (χ4v) is 2.02. The number of carboxylic acid groups (broad SMARTS) is 1. The molecule has 0 saturated carbocycles. The van der Waals surface area contributed by atoms with Gasteiger partial charge in [0.05, 0.1) is 25.3 Å². The van der Waals surface area contributed by atoms with Crippen LogP contribution in [0.25, 0.3) is 0 Å². The summed E-state index contributed by atoms with van der Waals surface area (Å²) >= 11 is 0. The van der Waals surface area contributed by atoms with Crippen LogP contribution in [-0.2, 0) is 19.2 Å². The van der Waals surface area contributed by atoms with Crippen LogP contribution in [0.5, 0.6) is 0 Å². The van der Waals surface area contributed by atoms with Gasteiger partial charge in [0.15, 0.2) is 6.04 Å². The van der Waals surface area contributed by atoms with E-state index in [0.717, 1.165) is 0 Å². The molecule has 0 rings (SSSR count). The Morgan fingerprint density at radius 2 is 1.70 bits per heavy atom. The number of nitrogens with two attached hydrogens (primary N) is 2. The Kier molecular flexibility index (Phi) is 11.9. The van der Waals surface area contributed by atoms with E-state index in [4.69, 9.17) is 16.6 Å². The summed E-state index contributed by atoms with van der Waals surface area (Å²) < 4.78 is 0. The van der Waals surface area contributed by atoms with Gasteiger partial charge in [0.1, 0.15) is 6.04 Å². The molecule has 4 unspecified atom stereocenters. The molecule has 0 radical (unpaired) electrons. The summed E-state index contributed by atoms with van der Waals surface area (Å²) in [6.45, 7) is 0.325. The highest BCUT2D eigenvalue weighted by Gasteiger charge is 2.26. The lowest BCUT2D eigenvalue weighted by Crippen LogP contribution is -2.55. The van der Waals surface area contributed by atoms with Crippen LogP contribution in [0.2, 0.25) is 0 Å². The first kappa shape index (κ1) is 24.7. The predicted molar refractivity (Wildman–Crippen MR) is 94.2 cm³/mol. The van der Waals surface area contributed by atoms with Crippen molar-refractivity contribution in [1.29, 1.82) is 0 Å². The zero-order chi connectivity index (χ0) is 21.0. The molecule has 27 heavy (non-hydrogen) atoms. The first-order valence-corrected chi connectivity index (χ1v) is 8.48. The number of hydrogen-bond donors (Lipinski definition) is 8. The van der Waals surface area contributed by atoms with Crippen LogP contribution in [0.4, 0.5) is 0 Å². The lowest BCUT2D eigenvalue weighted by molar-refractivity contribution is -0.144. The summed E-state index contributed by atoms with van der Waals surface area (Å²) in [6.07, 6.45) is 0.354. The molecule has 4 atom stereocenters. The molecule has 0 aliphatic heterocycles. The topological polar surface area (TPSA) is 217 Å². The van der Waals surface area contributed by atoms with Crippen LogP contribution in [-0.4, -0.2) is 82.9 Å². The quantitative estimate of drug-likeness (QED) is 0.143. The Balaban J connectivity index is 4.49. The van der Waals surface area contributed by atoms with Crippen LogP contribution < -0.4 is 27.4 Å². The standard InChI is InChI=1S/C15H29N5O7/c1-8(22)12(15(26)27)20-11(23)6-18-14(25)10(7-21)19-13(24)9(17)4-2-3-5-16/h8-10,12,21-22H,2-7,16-17H2,1H3,(H,18,25)(H,19,24)(H,20,23)(H,26,27). The van der Waals surface area contributed by atoms with Crippen LogP contribution in [0.15, 0.2) is 0 Å². The highest BCUT2D eigenvalue weighted by atomic mass is 16.4. The molecule has 10 N–H and O–H groups in total. The molecular weight excluding hydrogens is 362 g/mol. The van der Waals surface area contributed by atoms with Crippen molar-refractivity contribution >= 4 is 23.7 Å². The number of nitrogens with one attached hydrogen (secondary N) is 3. The van der Waals surface area contributed by atoms with E-state index in [1.807, 2.05) is 5.32 Å². The molecule has 0 heterocycles. The third-order valence-electron chi connectivity index (χ3n) is 3.61. The van der Waals surface area contributed by atoms with Gasteiger partial charge < -0.3 is 42.7 Å². The fraction of sp³-hybridized carbons (Fsp3) is 0.733. The Morgan fingerprint density at radius 3 is 2.19 bits per heavy atom. The molecule has 12 nitrogen and oxygen atoms in total. The van der Waals surface area contributed by atoms with E-state index in [-0.39, 0.29) is 0 Å². The van der Waals surface area contributed by atoms with Gasteiger partial charge in [0.25, 0.3) is 0 Å². The highest BCUT2D eigenvalue weighted by Crippen LogP contribution is 1.99. The predicted octanol–water partition coefficient (Wildman–Crippen LogP) is -4.01. The molecule has 0 saturated heterocycles. The van der Waals surface area contributed by atoms with Crippen molar-refractivity contribution in [1.82, 2.24) is 16.0 Å². The van der Waals surface area contributed by atoms with Gasteiger partial charge in [-0.1, -0.05) is 6.42 Å². The summed E-state index contributed by atoms with van der Waals surface area (Å²) in [5.74, 6) is -3.78. The molecule has 0 aliphatic carbocycles. The molecule has 0 bridgehead atoms. The van der Waals surface area contributed by atoms with E-state index in [2.05, 4.69) is 10.6 Å². The monoisotopic (exact) mass is 391 g/mol. The lowest BCUT2D eigenvalue weighted by atomic mass is 10.1. The van der Waals surface area contributed by atoms with Crippen LogP contribution >= 0.6 is 0 Å². The first-order valence-electron chi connectivity index (χ1n) is 8.48. The molecule has 0 spiro atoms. The maximum atomic E-state index is 12.0. The van der Waals surface area contributed by atoms with Gasteiger partial charge >= 0.3 is 5.97 Å². The smallest absolute Gasteiger partial charge is 0.328 e. The average molecular weight is 391 g/mol. The number of rotatable bonds is 13. The Morgan fingerprint density at radius 1 is 1.07 bits per heavy atom. The molecule has 0 fully saturated rings. The second-order valence-corrected chi connectivity index (χ2v) is 5.98. The van der Waals surface area contributed by atoms with E-state index in [1.54, 1.807) is 0 Å². The van der Waals surface area contributed by atoms with E-state index >= 15 is 0 Å². The van der Waals surface area contributed by atoms with Crippen molar-refractivity contribution in [3.63, 3.8) is 0 Å². The largest absolute Gasteiger partial charge is 0.480 e. The summed E-state index contributed by atoms with van der Waals surface area (Å²) in [5.41, 5.74) is 11.0. The SMILES string of the molecule is CC(O)C(NC(=O)CNC(=O)C(CO)NC(=O)C(N)CCCCN)C(=O)O. The summed E-state index contributed by atoms with van der Waals surface area (Å²) in [5, 5.41) is 33.9. The van der Waals surface area contributed by atoms with E-state index in [1.165, 1.54) is 6.92 Å². The molecule has 3 amide bonds. The van der Waals surface area contributed by atoms with Crippen molar-refractivity contribution in [3.8, 4) is 0 Å². The molecule has 0 aromatic heterocycles. The van der Waals surface area contributed by atoms with Crippen LogP contribution in [0, 0.1) is 0 Å². The number of amides is 3. The van der Waals surface area contributed by atoms with Gasteiger partial charge in [-0.3, -0.25) is 14.4 Å². The normalized spacial score (nSPS) is 15.1. The van der Waals surface area contributed by atoms with Gasteiger partial charge in [-0.15, -0.1) is 0 Å². The zero-order valence-electron chi connectivity index (χ0n) is 15.2. The summed E-state index contributed by atoms with van der Waals surface area (Å²) in [4.78, 5) is 46.4. The Labute approximate surface area is 156 Å². The second-order valence-electron chi connectivity index (χ2n) is 5.98. The number of unbranched alkanes of at least 4 members (excludes halogenated alkanes) is 1. The van der Waals surface area contributed by atoms with E-state index in [0.29, 0.717) is 25.8 Å². The Bertz CT molecular complexity index is 515. The van der Waals surface area contributed by atoms with Crippen molar-refractivity contribution < 1.29 is 34.5 Å². The second kappa shape index (κ2) is 13.0. The fourth-order valence-electron chi connectivity index (χ4n) is 2.02. The number of aliphatic hydroxyl groups excluding tert-OH is 2. The van der Waals surface area contributed by atoms with Gasteiger partial charge in [-0.25, -0.2) is 4.79 Å². The highest BCUT2D eigenvalue weighted by molar-refractivity contribution is 5.92. The molecule has 0 aromatic rings. The number of aliphatic hydroxyl groups is 2. The minimum Gasteiger partial charge on any atom is -0.480 e. The van der Waals surface area contributed by atoms with Gasteiger partial charge in [0, 0.05) is 0 Å². The third kappa shape index (κ3) is 9.84. The zero-order valence-corrected chi connectivity index (χ0v) is 15.2. The minimum atomic E-state index is -1.53. The third-order valence-corrected chi connectivity index (χ3v) is 3.61. The number of carbonyl (C=O) groups is 4. The van der Waals surface area contributed by atoms with Crippen molar-refractivity contribution in [3.05, 3.63) is 0 Å². The number of hydrogen-bond acceptors (Lipinski definition) is 8. The molecular formula is C15H29N5O7. The lowest BCUT2D eigenvalue weighted by Gasteiger charge is -2.20. The first-order chi connectivity index (χ1) is 12.6. The van der Waals surface area contributed by atoms with Crippen molar-refractivity contribution in [2.45, 2.75) is 50.4 Å². The van der Waals surface area contributed by atoms with E-state index < -0.39 is 61.1 Å². The Hall–Kier alpha value is -2.28. The molecule has 12 heteroatoms. The number of carboxylic acids is 1. The number of carbonyl (C=O) groups excluding carboxylic acids is 3. The average Bonchev–Trinajstić information content (AvgIpc) is 2.61. The molecule has 156 valence electrons. The van der Waals surface area contributed by atoms with Crippen LogP contribution in [0.3, 0.4) is 0 Å². The minimum absolute atomic E-state index is 0.362. The van der Waals surface area contributed by atoms with E-state index in [9.17, 15) is 29.4 Å². The maximum absolute atomic E-state index is 12.0. The van der Waals surface area contributed by atoms with Gasteiger partial charge in [0.2, 0.25) is 17.7 Å². The van der Waals surface area contributed by atoms with Crippen molar-refractivity contribution in [2.75, 3.05) is 19.7 Å². The molecule has 0 aliphatic rings. The van der Waals surface area contributed by atoms with Gasteiger partial charge in [-0.2, -0.15) is 0 Å². The summed E-state index contributed by atoms with van der Waals surface area (Å²) in [6, 6.07) is -3.73. The summed E-state index contributed by atoms with van der Waals surface area (Å²) in [7, 11) is 0. The number of aliphatic carboxylic acids is 1.